The molecule has 0 aromatic carbocycles. The number of carboxylic acid groups (broad SMARTS) is 1. The maximum Gasteiger partial charge on any atom is 0.407 e. The Labute approximate surface area is 70.5 Å². The van der Waals surface area contributed by atoms with Crippen molar-refractivity contribution in [3.8, 4) is 0 Å². The first-order valence-corrected chi connectivity index (χ1v) is 3.94. The molecule has 0 aromatic rings. The number of ether oxygens (including phenoxy) is 1. The summed E-state index contributed by atoms with van der Waals surface area (Å²) < 4.78 is 5.23. The van der Waals surface area contributed by atoms with Gasteiger partial charge < -0.3 is 19.8 Å². The molecule has 0 aliphatic carbocycles. The Hall–Kier alpha value is -0.810. The topological polar surface area (TPSA) is 70.0 Å². The van der Waals surface area contributed by atoms with Gasteiger partial charge in [-0.1, -0.05) is 0 Å². The molecule has 5 nitrogen and oxygen atoms in total. The fraction of sp³-hybridized carbons (Fsp3) is 0.857. The highest BCUT2D eigenvalue weighted by Crippen LogP contribution is 2.11. The van der Waals surface area contributed by atoms with E-state index in [1.807, 2.05) is 0 Å². The molecule has 0 unspecified atom stereocenters. The van der Waals surface area contributed by atoms with E-state index >= 15 is 0 Å². The van der Waals surface area contributed by atoms with Gasteiger partial charge in [0.1, 0.15) is 0 Å². The van der Waals surface area contributed by atoms with Crippen LogP contribution in [0.5, 0.6) is 0 Å². The SMILES string of the molecule is O=C(O)N1CC(OCCCO)C1. The number of hydrogen-bond acceptors (Lipinski definition) is 3. The van der Waals surface area contributed by atoms with Crippen LogP contribution in [-0.2, 0) is 4.74 Å². The van der Waals surface area contributed by atoms with Crippen molar-refractivity contribution in [1.82, 2.24) is 4.90 Å². The van der Waals surface area contributed by atoms with Gasteiger partial charge in [0.05, 0.1) is 19.2 Å². The van der Waals surface area contributed by atoms with Crippen LogP contribution in [0.15, 0.2) is 0 Å². The first kappa shape index (κ1) is 9.28. The lowest BCUT2D eigenvalue weighted by Crippen LogP contribution is -2.54. The molecule has 1 rings (SSSR count). The number of aliphatic hydroxyl groups excluding tert-OH is 1. The minimum absolute atomic E-state index is 0.0349. The van der Waals surface area contributed by atoms with Gasteiger partial charge in [-0.15, -0.1) is 0 Å². The second kappa shape index (κ2) is 4.27. The van der Waals surface area contributed by atoms with Gasteiger partial charge in [-0.25, -0.2) is 4.79 Å². The Bertz CT molecular complexity index is 155. The Balaban J connectivity index is 1.98. The predicted octanol–water partition coefficient (Wildman–Crippen LogP) is -0.252. The third-order valence-corrected chi connectivity index (χ3v) is 1.77. The van der Waals surface area contributed by atoms with Crippen molar-refractivity contribution in [3.05, 3.63) is 0 Å². The van der Waals surface area contributed by atoms with Crippen molar-refractivity contribution in [2.75, 3.05) is 26.3 Å². The molecule has 1 saturated heterocycles. The smallest absolute Gasteiger partial charge is 0.407 e. The molecular formula is C7H13NO4. The van der Waals surface area contributed by atoms with E-state index in [1.165, 1.54) is 4.90 Å². The molecule has 1 heterocycles. The van der Waals surface area contributed by atoms with Crippen LogP contribution < -0.4 is 0 Å². The molecule has 70 valence electrons. The van der Waals surface area contributed by atoms with E-state index in [9.17, 15) is 4.79 Å². The minimum atomic E-state index is -0.892. The molecule has 0 spiro atoms. The average Bonchev–Trinajstić information content (AvgIpc) is 1.93. The third kappa shape index (κ3) is 2.35. The largest absolute Gasteiger partial charge is 0.465 e. The third-order valence-electron chi connectivity index (χ3n) is 1.77. The Morgan fingerprint density at radius 2 is 2.25 bits per heavy atom. The van der Waals surface area contributed by atoms with Crippen molar-refractivity contribution >= 4 is 6.09 Å². The zero-order valence-corrected chi connectivity index (χ0v) is 6.77. The first-order chi connectivity index (χ1) is 5.74. The van der Waals surface area contributed by atoms with Gasteiger partial charge in [-0.05, 0) is 6.42 Å². The summed E-state index contributed by atoms with van der Waals surface area (Å²) in [6.07, 6.45) is -0.242. The standard InChI is InChI=1S/C7H13NO4/c9-2-1-3-12-6-4-8(5-6)7(10)11/h6,9H,1-5H2,(H,10,11). The maximum absolute atomic E-state index is 10.3. The van der Waals surface area contributed by atoms with Gasteiger partial charge in [-0.3, -0.25) is 0 Å². The van der Waals surface area contributed by atoms with E-state index in [-0.39, 0.29) is 12.7 Å². The molecule has 0 saturated carbocycles. The van der Waals surface area contributed by atoms with Crippen LogP contribution in [0.25, 0.3) is 0 Å². The fourth-order valence-electron chi connectivity index (χ4n) is 1.01. The minimum Gasteiger partial charge on any atom is -0.465 e. The number of carbonyl (C=O) groups is 1. The Morgan fingerprint density at radius 1 is 1.58 bits per heavy atom. The van der Waals surface area contributed by atoms with Gasteiger partial charge >= 0.3 is 6.09 Å². The Morgan fingerprint density at radius 3 is 2.75 bits per heavy atom. The summed E-state index contributed by atoms with van der Waals surface area (Å²) >= 11 is 0. The molecule has 12 heavy (non-hydrogen) atoms. The summed E-state index contributed by atoms with van der Waals surface area (Å²) in [7, 11) is 0. The summed E-state index contributed by atoms with van der Waals surface area (Å²) in [5, 5.41) is 16.9. The lowest BCUT2D eigenvalue weighted by Gasteiger charge is -2.36. The quantitative estimate of drug-likeness (QED) is 0.578. The zero-order chi connectivity index (χ0) is 8.97. The van der Waals surface area contributed by atoms with Crippen LogP contribution in [0.1, 0.15) is 6.42 Å². The summed E-state index contributed by atoms with van der Waals surface area (Å²) in [6.45, 7) is 1.55. The molecule has 1 aliphatic heterocycles. The van der Waals surface area contributed by atoms with Gasteiger partial charge in [0, 0.05) is 13.2 Å². The summed E-state index contributed by atoms with van der Waals surface area (Å²) in [4.78, 5) is 11.6. The van der Waals surface area contributed by atoms with Crippen molar-refractivity contribution in [2.24, 2.45) is 0 Å². The van der Waals surface area contributed by atoms with E-state index in [1.54, 1.807) is 0 Å². The van der Waals surface area contributed by atoms with Crippen LogP contribution in [0.2, 0.25) is 0 Å². The van der Waals surface area contributed by atoms with Crippen molar-refractivity contribution < 1.29 is 19.7 Å². The summed E-state index contributed by atoms with van der Waals surface area (Å²) in [6, 6.07) is 0. The van der Waals surface area contributed by atoms with Crippen LogP contribution in [-0.4, -0.2) is 53.6 Å². The van der Waals surface area contributed by atoms with Gasteiger partial charge in [0.2, 0.25) is 0 Å². The van der Waals surface area contributed by atoms with Gasteiger partial charge in [0.25, 0.3) is 0 Å². The zero-order valence-electron chi connectivity index (χ0n) is 6.77. The number of amides is 1. The molecule has 0 radical (unpaired) electrons. The van der Waals surface area contributed by atoms with E-state index in [2.05, 4.69) is 0 Å². The second-order valence-corrected chi connectivity index (χ2v) is 2.76. The van der Waals surface area contributed by atoms with Crippen molar-refractivity contribution in [1.29, 1.82) is 0 Å². The second-order valence-electron chi connectivity index (χ2n) is 2.76. The monoisotopic (exact) mass is 175 g/mol. The van der Waals surface area contributed by atoms with E-state index < -0.39 is 6.09 Å². The van der Waals surface area contributed by atoms with Crippen LogP contribution in [0, 0.1) is 0 Å². The van der Waals surface area contributed by atoms with Gasteiger partial charge in [0.15, 0.2) is 0 Å². The molecule has 2 N–H and O–H groups in total. The molecule has 1 fully saturated rings. The Kier molecular flexibility index (Phi) is 3.31. The van der Waals surface area contributed by atoms with Crippen LogP contribution >= 0.6 is 0 Å². The first-order valence-electron chi connectivity index (χ1n) is 3.94. The summed E-state index contributed by atoms with van der Waals surface area (Å²) in [5.74, 6) is 0. The molecule has 0 atom stereocenters. The van der Waals surface area contributed by atoms with Crippen LogP contribution in [0.3, 0.4) is 0 Å². The number of aliphatic hydroxyl groups is 1. The normalized spacial score (nSPS) is 17.6. The number of rotatable bonds is 4. The van der Waals surface area contributed by atoms with E-state index in [4.69, 9.17) is 14.9 Å². The molecule has 1 aliphatic rings. The fourth-order valence-corrected chi connectivity index (χ4v) is 1.01. The molecule has 0 aromatic heterocycles. The van der Waals surface area contributed by atoms with Crippen molar-refractivity contribution in [2.45, 2.75) is 12.5 Å². The molecule has 0 bridgehead atoms. The maximum atomic E-state index is 10.3. The van der Waals surface area contributed by atoms with E-state index in [0.717, 1.165) is 0 Å². The average molecular weight is 175 g/mol. The lowest BCUT2D eigenvalue weighted by atomic mass is 10.2. The number of hydrogen-bond donors (Lipinski definition) is 2. The highest BCUT2D eigenvalue weighted by Gasteiger charge is 2.30. The highest BCUT2D eigenvalue weighted by molar-refractivity contribution is 5.66. The van der Waals surface area contributed by atoms with Crippen LogP contribution in [0.4, 0.5) is 4.79 Å². The van der Waals surface area contributed by atoms with Gasteiger partial charge in [-0.2, -0.15) is 0 Å². The number of likely N-dealkylation sites (tertiary alicyclic amines) is 1. The van der Waals surface area contributed by atoms with Crippen molar-refractivity contribution in [3.63, 3.8) is 0 Å². The van der Waals surface area contributed by atoms with E-state index in [0.29, 0.717) is 26.1 Å². The molecular weight excluding hydrogens is 162 g/mol. The number of nitrogens with zero attached hydrogens (tertiary/aromatic N) is 1. The molecule has 5 heteroatoms. The highest BCUT2D eigenvalue weighted by atomic mass is 16.5. The lowest BCUT2D eigenvalue weighted by molar-refractivity contribution is -0.0472. The summed E-state index contributed by atoms with van der Waals surface area (Å²) in [5.41, 5.74) is 0. The molecule has 1 amide bonds. The predicted molar refractivity (Wildman–Crippen MR) is 41.0 cm³/mol.